The van der Waals surface area contributed by atoms with Crippen LogP contribution in [-0.4, -0.2) is 11.1 Å². The molecule has 5 heteroatoms. The highest BCUT2D eigenvalue weighted by Crippen LogP contribution is 2.20. The van der Waals surface area contributed by atoms with Crippen LogP contribution in [0, 0.1) is 11.3 Å². The fourth-order valence-electron chi connectivity index (χ4n) is 1.88. The average Bonchev–Trinajstić information content (AvgIpc) is 2.73. The zero-order valence-corrected chi connectivity index (χ0v) is 9.24. The van der Waals surface area contributed by atoms with Crippen LogP contribution in [0.5, 0.6) is 0 Å². The Labute approximate surface area is 98.5 Å². The summed E-state index contributed by atoms with van der Waals surface area (Å²) in [6, 6.07) is 10.00. The van der Waals surface area contributed by atoms with E-state index < -0.39 is 0 Å². The van der Waals surface area contributed by atoms with Crippen LogP contribution in [-0.2, 0) is 6.54 Å². The molecule has 0 radical (unpaired) electrons. The number of aromatic nitrogens is 1. The average molecular weight is 225 g/mol. The van der Waals surface area contributed by atoms with E-state index in [4.69, 9.17) is 10.8 Å². The Kier molecular flexibility index (Phi) is 3.29. The van der Waals surface area contributed by atoms with Gasteiger partial charge in [-0.05, 0) is 18.0 Å². The molecular weight excluding hydrogens is 214 g/mol. The number of hydrogen-bond donors (Lipinski definition) is 0. The molecule has 0 saturated carbocycles. The number of nitrogens with zero attached hydrogens (tertiary/aromatic N) is 5. The van der Waals surface area contributed by atoms with E-state index in [9.17, 15) is 0 Å². The summed E-state index contributed by atoms with van der Waals surface area (Å²) in [5, 5.41) is 13.5. The summed E-state index contributed by atoms with van der Waals surface area (Å²) in [6.07, 6.45) is 2.62. The molecule has 0 fully saturated rings. The monoisotopic (exact) mass is 225 g/mol. The zero-order valence-electron chi connectivity index (χ0n) is 9.24. The van der Waals surface area contributed by atoms with Gasteiger partial charge in [0.1, 0.15) is 6.07 Å². The SMILES string of the molecule is N#Cc1cn(CCCN=[N+]=[N-])c2ccccc12. The van der Waals surface area contributed by atoms with E-state index in [2.05, 4.69) is 16.1 Å². The molecule has 5 nitrogen and oxygen atoms in total. The minimum absolute atomic E-state index is 0.477. The topological polar surface area (TPSA) is 77.5 Å². The van der Waals surface area contributed by atoms with Gasteiger partial charge < -0.3 is 4.57 Å². The molecule has 0 aliphatic heterocycles. The molecule has 0 aliphatic rings. The van der Waals surface area contributed by atoms with Gasteiger partial charge in [0, 0.05) is 35.1 Å². The number of nitriles is 1. The molecule has 0 saturated heterocycles. The highest BCUT2D eigenvalue weighted by molar-refractivity contribution is 5.86. The minimum atomic E-state index is 0.477. The molecule has 0 unspecified atom stereocenters. The fraction of sp³-hybridized carbons (Fsp3) is 0.250. The van der Waals surface area contributed by atoms with E-state index in [0.717, 1.165) is 23.9 Å². The van der Waals surface area contributed by atoms with Crippen molar-refractivity contribution in [1.29, 1.82) is 5.26 Å². The van der Waals surface area contributed by atoms with Crippen molar-refractivity contribution in [1.82, 2.24) is 4.57 Å². The molecule has 0 spiro atoms. The van der Waals surface area contributed by atoms with Crippen molar-refractivity contribution in [2.24, 2.45) is 5.11 Å². The predicted molar refractivity (Wildman–Crippen MR) is 65.3 cm³/mol. The standard InChI is InChI=1S/C12H11N5/c13-8-10-9-17(7-3-6-15-16-14)12-5-2-1-4-11(10)12/h1-2,4-5,9H,3,6-7H2. The molecule has 2 aromatic rings. The Hall–Kier alpha value is -2.44. The third-order valence-electron chi connectivity index (χ3n) is 2.63. The number of benzene rings is 1. The van der Waals surface area contributed by atoms with Gasteiger partial charge in [-0.3, -0.25) is 0 Å². The van der Waals surface area contributed by atoms with Crippen LogP contribution >= 0.6 is 0 Å². The molecular formula is C12H11N5. The van der Waals surface area contributed by atoms with Crippen molar-refractivity contribution >= 4 is 10.9 Å². The Morgan fingerprint density at radius 1 is 1.41 bits per heavy atom. The molecule has 0 N–H and O–H groups in total. The maximum atomic E-state index is 9.03. The lowest BCUT2D eigenvalue weighted by atomic mass is 10.2. The summed E-state index contributed by atoms with van der Waals surface area (Å²) in [6.45, 7) is 1.23. The molecule has 0 atom stereocenters. The Morgan fingerprint density at radius 3 is 3.00 bits per heavy atom. The van der Waals surface area contributed by atoms with Crippen LogP contribution in [0.1, 0.15) is 12.0 Å². The number of fused-ring (bicyclic) bond motifs is 1. The Morgan fingerprint density at radius 2 is 2.24 bits per heavy atom. The van der Waals surface area contributed by atoms with Gasteiger partial charge in [0.2, 0.25) is 0 Å². The van der Waals surface area contributed by atoms with E-state index >= 15 is 0 Å². The molecule has 17 heavy (non-hydrogen) atoms. The summed E-state index contributed by atoms with van der Waals surface area (Å²) < 4.78 is 2.03. The molecule has 0 bridgehead atoms. The first kappa shape index (κ1) is 11.1. The number of para-hydroxylation sites is 1. The summed E-state index contributed by atoms with van der Waals surface area (Å²) in [5.41, 5.74) is 9.92. The Balaban J connectivity index is 2.28. The van der Waals surface area contributed by atoms with Gasteiger partial charge >= 0.3 is 0 Å². The van der Waals surface area contributed by atoms with Gasteiger partial charge in [-0.15, -0.1) is 0 Å². The van der Waals surface area contributed by atoms with Crippen molar-refractivity contribution in [2.45, 2.75) is 13.0 Å². The lowest BCUT2D eigenvalue weighted by molar-refractivity contribution is 0.669. The highest BCUT2D eigenvalue weighted by Gasteiger charge is 2.06. The van der Waals surface area contributed by atoms with Gasteiger partial charge in [-0.25, -0.2) is 0 Å². The van der Waals surface area contributed by atoms with E-state index in [0.29, 0.717) is 12.1 Å². The quantitative estimate of drug-likeness (QED) is 0.340. The van der Waals surface area contributed by atoms with E-state index in [-0.39, 0.29) is 0 Å². The van der Waals surface area contributed by atoms with Gasteiger partial charge in [-0.2, -0.15) is 5.26 Å². The maximum absolute atomic E-state index is 9.03. The first-order valence-corrected chi connectivity index (χ1v) is 5.35. The second-order valence-corrected chi connectivity index (χ2v) is 3.67. The molecule has 0 amide bonds. The third kappa shape index (κ3) is 2.22. The van der Waals surface area contributed by atoms with Crippen LogP contribution in [0.3, 0.4) is 0 Å². The largest absolute Gasteiger partial charge is 0.346 e. The van der Waals surface area contributed by atoms with Crippen molar-refractivity contribution in [3.05, 3.63) is 46.5 Å². The molecule has 2 rings (SSSR count). The van der Waals surface area contributed by atoms with Crippen molar-refractivity contribution in [3.8, 4) is 6.07 Å². The summed E-state index contributed by atoms with van der Waals surface area (Å²) >= 11 is 0. The fourth-order valence-corrected chi connectivity index (χ4v) is 1.88. The normalized spacial score (nSPS) is 9.82. The number of azide groups is 1. The zero-order chi connectivity index (χ0) is 12.1. The van der Waals surface area contributed by atoms with Crippen LogP contribution in [0.15, 0.2) is 35.6 Å². The van der Waals surface area contributed by atoms with Gasteiger partial charge in [0.05, 0.1) is 5.56 Å². The minimum Gasteiger partial charge on any atom is -0.346 e. The molecule has 1 aromatic heterocycles. The van der Waals surface area contributed by atoms with Crippen molar-refractivity contribution in [2.75, 3.05) is 6.54 Å². The summed E-state index contributed by atoms with van der Waals surface area (Å²) in [7, 11) is 0. The summed E-state index contributed by atoms with van der Waals surface area (Å²) in [4.78, 5) is 2.71. The predicted octanol–water partition coefficient (Wildman–Crippen LogP) is 3.21. The maximum Gasteiger partial charge on any atom is 0.101 e. The van der Waals surface area contributed by atoms with Gasteiger partial charge in [0.25, 0.3) is 0 Å². The molecule has 1 heterocycles. The lowest BCUT2D eigenvalue weighted by Gasteiger charge is -2.02. The van der Waals surface area contributed by atoms with Crippen molar-refractivity contribution in [3.63, 3.8) is 0 Å². The smallest absolute Gasteiger partial charge is 0.101 e. The van der Waals surface area contributed by atoms with Gasteiger partial charge in [-0.1, -0.05) is 23.3 Å². The van der Waals surface area contributed by atoms with Crippen LogP contribution < -0.4 is 0 Å². The first-order chi connectivity index (χ1) is 8.36. The molecule has 0 aliphatic carbocycles. The number of aryl methyl sites for hydroxylation is 1. The first-order valence-electron chi connectivity index (χ1n) is 5.35. The van der Waals surface area contributed by atoms with Crippen molar-refractivity contribution < 1.29 is 0 Å². The lowest BCUT2D eigenvalue weighted by Crippen LogP contribution is -1.97. The molecule has 84 valence electrons. The Bertz CT molecular complexity index is 613. The van der Waals surface area contributed by atoms with E-state index in [1.54, 1.807) is 0 Å². The van der Waals surface area contributed by atoms with Crippen LogP contribution in [0.2, 0.25) is 0 Å². The van der Waals surface area contributed by atoms with Crippen LogP contribution in [0.25, 0.3) is 21.3 Å². The third-order valence-corrected chi connectivity index (χ3v) is 2.63. The van der Waals surface area contributed by atoms with E-state index in [1.165, 1.54) is 0 Å². The number of rotatable bonds is 4. The van der Waals surface area contributed by atoms with Crippen LogP contribution in [0.4, 0.5) is 0 Å². The van der Waals surface area contributed by atoms with E-state index in [1.807, 2.05) is 35.0 Å². The second-order valence-electron chi connectivity index (χ2n) is 3.67. The molecule has 1 aromatic carbocycles. The van der Waals surface area contributed by atoms with Gasteiger partial charge in [0.15, 0.2) is 0 Å². The second kappa shape index (κ2) is 5.06. The highest BCUT2D eigenvalue weighted by atomic mass is 15.1. The number of hydrogen-bond acceptors (Lipinski definition) is 2. The summed E-state index contributed by atoms with van der Waals surface area (Å²) in [5.74, 6) is 0.